The molecule has 98 valence electrons. The predicted molar refractivity (Wildman–Crippen MR) is 69.5 cm³/mol. The highest BCUT2D eigenvalue weighted by atomic mass is 16.2. The number of nitrogens with zero attached hydrogens (tertiary/aromatic N) is 1. The lowest BCUT2D eigenvalue weighted by molar-refractivity contribution is -0.137. The molecule has 2 aliphatic rings. The molecule has 1 saturated heterocycles. The number of nitrogens with two attached hydrogens (primary N) is 1. The van der Waals surface area contributed by atoms with Crippen LogP contribution >= 0.6 is 0 Å². The van der Waals surface area contributed by atoms with Crippen molar-refractivity contribution in [1.82, 2.24) is 4.90 Å². The van der Waals surface area contributed by atoms with Crippen molar-refractivity contribution in [2.24, 2.45) is 17.6 Å². The number of rotatable bonds is 3. The SMILES string of the molecule is CC(C)CC(N)C(=O)N1CCCC2CCCC21. The first kappa shape index (κ1) is 12.9. The van der Waals surface area contributed by atoms with E-state index in [0.717, 1.165) is 18.9 Å². The maximum Gasteiger partial charge on any atom is 0.239 e. The van der Waals surface area contributed by atoms with Crippen LogP contribution < -0.4 is 5.73 Å². The summed E-state index contributed by atoms with van der Waals surface area (Å²) in [5.41, 5.74) is 6.04. The molecule has 0 radical (unpaired) electrons. The standard InChI is InChI=1S/C14H26N2O/c1-10(2)9-12(15)14(17)16-8-4-6-11-5-3-7-13(11)16/h10-13H,3-9,15H2,1-2H3. The minimum absolute atomic E-state index is 0.204. The molecule has 0 aromatic heterocycles. The van der Waals surface area contributed by atoms with Gasteiger partial charge in [-0.25, -0.2) is 0 Å². The topological polar surface area (TPSA) is 46.3 Å². The molecule has 1 aliphatic carbocycles. The Kier molecular flexibility index (Phi) is 4.08. The highest BCUT2D eigenvalue weighted by Gasteiger charge is 2.38. The molecule has 2 N–H and O–H groups in total. The van der Waals surface area contributed by atoms with Gasteiger partial charge in [0.25, 0.3) is 0 Å². The Bertz CT molecular complexity index is 277. The van der Waals surface area contributed by atoms with Crippen LogP contribution in [0.1, 0.15) is 52.4 Å². The van der Waals surface area contributed by atoms with Crippen LogP contribution in [0.2, 0.25) is 0 Å². The molecule has 3 heteroatoms. The van der Waals surface area contributed by atoms with Gasteiger partial charge in [0, 0.05) is 12.6 Å². The Balaban J connectivity index is 1.98. The number of carbonyl (C=O) groups is 1. The summed E-state index contributed by atoms with van der Waals surface area (Å²) in [5.74, 6) is 1.47. The summed E-state index contributed by atoms with van der Waals surface area (Å²) in [6.07, 6.45) is 7.10. The summed E-state index contributed by atoms with van der Waals surface area (Å²) in [6.45, 7) is 5.19. The number of fused-ring (bicyclic) bond motifs is 1. The molecular weight excluding hydrogens is 212 g/mol. The normalized spacial score (nSPS) is 30.5. The van der Waals surface area contributed by atoms with Gasteiger partial charge in [0.15, 0.2) is 0 Å². The zero-order valence-corrected chi connectivity index (χ0v) is 11.2. The molecule has 17 heavy (non-hydrogen) atoms. The number of likely N-dealkylation sites (tertiary alicyclic amines) is 1. The summed E-state index contributed by atoms with van der Waals surface area (Å²) >= 11 is 0. The lowest BCUT2D eigenvalue weighted by Gasteiger charge is -2.39. The van der Waals surface area contributed by atoms with Crippen LogP contribution in [-0.4, -0.2) is 29.4 Å². The maximum atomic E-state index is 12.4. The Hall–Kier alpha value is -0.570. The van der Waals surface area contributed by atoms with Gasteiger partial charge in [0.1, 0.15) is 0 Å². The van der Waals surface area contributed by atoms with Crippen molar-refractivity contribution in [3.05, 3.63) is 0 Å². The predicted octanol–water partition coefficient (Wildman–Crippen LogP) is 2.15. The smallest absolute Gasteiger partial charge is 0.239 e. The highest BCUT2D eigenvalue weighted by Crippen LogP contribution is 2.37. The first-order chi connectivity index (χ1) is 8.09. The number of piperidine rings is 1. The van der Waals surface area contributed by atoms with Crippen LogP contribution in [0.3, 0.4) is 0 Å². The largest absolute Gasteiger partial charge is 0.338 e. The van der Waals surface area contributed by atoms with E-state index < -0.39 is 0 Å². The van der Waals surface area contributed by atoms with Crippen molar-refractivity contribution in [2.45, 2.75) is 64.5 Å². The molecule has 1 amide bonds. The minimum Gasteiger partial charge on any atom is -0.338 e. The van der Waals surface area contributed by atoms with Gasteiger partial charge in [0.05, 0.1) is 6.04 Å². The Morgan fingerprint density at radius 1 is 1.29 bits per heavy atom. The van der Waals surface area contributed by atoms with Crippen LogP contribution in [0.5, 0.6) is 0 Å². The molecule has 1 heterocycles. The molecule has 0 aromatic carbocycles. The van der Waals surface area contributed by atoms with E-state index in [0.29, 0.717) is 12.0 Å². The zero-order chi connectivity index (χ0) is 12.4. The number of hydrogen-bond acceptors (Lipinski definition) is 2. The molecule has 2 rings (SSSR count). The minimum atomic E-state index is -0.283. The molecule has 0 spiro atoms. The molecule has 3 nitrogen and oxygen atoms in total. The van der Waals surface area contributed by atoms with Crippen molar-refractivity contribution < 1.29 is 4.79 Å². The van der Waals surface area contributed by atoms with Crippen molar-refractivity contribution in [3.8, 4) is 0 Å². The first-order valence-electron chi connectivity index (χ1n) is 7.15. The second-order valence-corrected chi connectivity index (χ2v) is 6.17. The third-order valence-corrected chi connectivity index (χ3v) is 4.32. The highest BCUT2D eigenvalue weighted by molar-refractivity contribution is 5.82. The van der Waals surface area contributed by atoms with Crippen molar-refractivity contribution >= 4 is 5.91 Å². The summed E-state index contributed by atoms with van der Waals surface area (Å²) in [5, 5.41) is 0. The quantitative estimate of drug-likeness (QED) is 0.819. The fourth-order valence-corrected chi connectivity index (χ4v) is 3.55. The van der Waals surface area contributed by atoms with Gasteiger partial charge in [-0.1, -0.05) is 20.3 Å². The van der Waals surface area contributed by atoms with Gasteiger partial charge in [0.2, 0.25) is 5.91 Å². The number of hydrogen-bond donors (Lipinski definition) is 1. The molecule has 1 aliphatic heterocycles. The molecular formula is C14H26N2O. The van der Waals surface area contributed by atoms with Gasteiger partial charge in [-0.15, -0.1) is 0 Å². The van der Waals surface area contributed by atoms with E-state index >= 15 is 0 Å². The zero-order valence-electron chi connectivity index (χ0n) is 11.2. The Morgan fingerprint density at radius 3 is 2.71 bits per heavy atom. The van der Waals surface area contributed by atoms with E-state index in [1.54, 1.807) is 0 Å². The van der Waals surface area contributed by atoms with Gasteiger partial charge >= 0.3 is 0 Å². The second-order valence-electron chi connectivity index (χ2n) is 6.17. The second kappa shape index (κ2) is 5.38. The average Bonchev–Trinajstić information content (AvgIpc) is 2.74. The Labute approximate surface area is 105 Å². The summed E-state index contributed by atoms with van der Waals surface area (Å²) in [4.78, 5) is 14.5. The van der Waals surface area contributed by atoms with E-state index in [4.69, 9.17) is 5.73 Å². The fourth-order valence-electron chi connectivity index (χ4n) is 3.55. The summed E-state index contributed by atoms with van der Waals surface area (Å²) in [6, 6.07) is 0.226. The van der Waals surface area contributed by atoms with Gasteiger partial charge in [-0.2, -0.15) is 0 Å². The maximum absolute atomic E-state index is 12.4. The molecule has 1 saturated carbocycles. The average molecular weight is 238 g/mol. The third kappa shape index (κ3) is 2.82. The van der Waals surface area contributed by atoms with E-state index in [9.17, 15) is 4.79 Å². The van der Waals surface area contributed by atoms with Crippen LogP contribution in [-0.2, 0) is 4.79 Å². The van der Waals surface area contributed by atoms with Gasteiger partial charge in [-0.3, -0.25) is 4.79 Å². The molecule has 0 aromatic rings. The van der Waals surface area contributed by atoms with Crippen LogP contribution in [0.25, 0.3) is 0 Å². The molecule has 3 unspecified atom stereocenters. The fraction of sp³-hybridized carbons (Fsp3) is 0.929. The third-order valence-electron chi connectivity index (χ3n) is 4.32. The van der Waals surface area contributed by atoms with E-state index in [-0.39, 0.29) is 11.9 Å². The van der Waals surface area contributed by atoms with Crippen LogP contribution in [0.4, 0.5) is 0 Å². The summed E-state index contributed by atoms with van der Waals surface area (Å²) in [7, 11) is 0. The summed E-state index contributed by atoms with van der Waals surface area (Å²) < 4.78 is 0. The van der Waals surface area contributed by atoms with Crippen LogP contribution in [0, 0.1) is 11.8 Å². The lowest BCUT2D eigenvalue weighted by atomic mass is 9.91. The van der Waals surface area contributed by atoms with Gasteiger partial charge < -0.3 is 10.6 Å². The Morgan fingerprint density at radius 2 is 2.00 bits per heavy atom. The van der Waals surface area contributed by atoms with Gasteiger partial charge in [-0.05, 0) is 43.9 Å². The number of carbonyl (C=O) groups excluding carboxylic acids is 1. The van der Waals surface area contributed by atoms with E-state index in [2.05, 4.69) is 18.7 Å². The number of amides is 1. The van der Waals surface area contributed by atoms with Crippen molar-refractivity contribution in [2.75, 3.05) is 6.54 Å². The molecule has 3 atom stereocenters. The van der Waals surface area contributed by atoms with Crippen LogP contribution in [0.15, 0.2) is 0 Å². The first-order valence-corrected chi connectivity index (χ1v) is 7.15. The van der Waals surface area contributed by atoms with E-state index in [1.165, 1.54) is 32.1 Å². The van der Waals surface area contributed by atoms with Crippen molar-refractivity contribution in [1.29, 1.82) is 0 Å². The van der Waals surface area contributed by atoms with Crippen molar-refractivity contribution in [3.63, 3.8) is 0 Å². The molecule has 0 bridgehead atoms. The monoisotopic (exact) mass is 238 g/mol. The van der Waals surface area contributed by atoms with E-state index in [1.807, 2.05) is 0 Å². The molecule has 2 fully saturated rings. The lowest BCUT2D eigenvalue weighted by Crippen LogP contribution is -2.52.